The van der Waals surface area contributed by atoms with Crippen molar-refractivity contribution >= 4 is 32.3 Å². The zero-order valence-corrected chi connectivity index (χ0v) is 12.5. The van der Waals surface area contributed by atoms with Gasteiger partial charge < -0.3 is 10.3 Å². The molecule has 2 N–H and O–H groups in total. The van der Waals surface area contributed by atoms with Gasteiger partial charge in [-0.25, -0.2) is 0 Å². The van der Waals surface area contributed by atoms with Gasteiger partial charge in [-0.15, -0.1) is 11.3 Å². The quantitative estimate of drug-likeness (QED) is 0.765. The molecular weight excluding hydrogens is 326 g/mol. The van der Waals surface area contributed by atoms with Crippen molar-refractivity contribution in [3.8, 4) is 22.2 Å². The monoisotopic (exact) mass is 335 g/mol. The molecule has 96 valence electrons. The van der Waals surface area contributed by atoms with Gasteiger partial charge in [-0.05, 0) is 42.8 Å². The van der Waals surface area contributed by atoms with Crippen molar-refractivity contribution in [3.63, 3.8) is 0 Å². The molecule has 2 heterocycles. The van der Waals surface area contributed by atoms with Crippen LogP contribution in [0.1, 0.15) is 5.56 Å². The van der Waals surface area contributed by atoms with E-state index in [-0.39, 0.29) is 0 Å². The minimum absolute atomic E-state index is 0.511. The summed E-state index contributed by atoms with van der Waals surface area (Å²) in [4.78, 5) is 5.34. The molecule has 0 fully saturated rings. The van der Waals surface area contributed by atoms with Crippen molar-refractivity contribution in [2.75, 3.05) is 5.73 Å². The molecule has 0 atom stereocenters. The number of hydrogen-bond donors (Lipinski definition) is 1. The van der Waals surface area contributed by atoms with Gasteiger partial charge in [0.25, 0.3) is 5.89 Å². The molecule has 19 heavy (non-hydrogen) atoms. The number of nitrogens with zero attached hydrogens (tertiary/aromatic N) is 2. The molecule has 0 aliphatic rings. The molecule has 3 aromatic rings. The van der Waals surface area contributed by atoms with Crippen LogP contribution >= 0.6 is 27.3 Å². The number of halogens is 1. The Balaban J connectivity index is 1.99. The van der Waals surface area contributed by atoms with E-state index in [1.54, 1.807) is 0 Å². The van der Waals surface area contributed by atoms with Gasteiger partial charge in [0.05, 0.1) is 9.88 Å². The maximum atomic E-state index is 5.77. The van der Waals surface area contributed by atoms with E-state index >= 15 is 0 Å². The molecule has 0 unspecified atom stereocenters. The van der Waals surface area contributed by atoms with Crippen molar-refractivity contribution in [2.24, 2.45) is 0 Å². The molecule has 0 aliphatic heterocycles. The summed E-state index contributed by atoms with van der Waals surface area (Å²) >= 11 is 4.85. The van der Waals surface area contributed by atoms with Crippen LogP contribution in [0.4, 0.5) is 5.00 Å². The fourth-order valence-corrected chi connectivity index (χ4v) is 2.88. The van der Waals surface area contributed by atoms with E-state index in [9.17, 15) is 0 Å². The highest BCUT2D eigenvalue weighted by Gasteiger charge is 2.15. The standard InChI is InChI=1S/C13H10BrN3OS/c1-7-6-10(15)19-11(7)13-16-12(17-18-13)8-2-4-9(14)5-3-8/h2-6H,15H2,1H3. The molecule has 0 radical (unpaired) electrons. The van der Waals surface area contributed by atoms with Gasteiger partial charge in [0.2, 0.25) is 5.82 Å². The van der Waals surface area contributed by atoms with Crippen LogP contribution in [0.5, 0.6) is 0 Å². The van der Waals surface area contributed by atoms with Crippen LogP contribution < -0.4 is 5.73 Å². The Hall–Kier alpha value is -1.66. The van der Waals surface area contributed by atoms with Crippen LogP contribution in [-0.4, -0.2) is 10.1 Å². The first-order valence-corrected chi connectivity index (χ1v) is 7.20. The second kappa shape index (κ2) is 4.79. The molecule has 1 aromatic carbocycles. The van der Waals surface area contributed by atoms with E-state index in [0.29, 0.717) is 11.7 Å². The molecular formula is C13H10BrN3OS. The third kappa shape index (κ3) is 2.41. The molecule has 0 bridgehead atoms. The number of aromatic nitrogens is 2. The van der Waals surface area contributed by atoms with Crippen LogP contribution in [0.25, 0.3) is 22.2 Å². The number of anilines is 1. The van der Waals surface area contributed by atoms with Crippen molar-refractivity contribution in [2.45, 2.75) is 6.92 Å². The summed E-state index contributed by atoms with van der Waals surface area (Å²) in [5.41, 5.74) is 7.74. The average molecular weight is 336 g/mol. The lowest BCUT2D eigenvalue weighted by molar-refractivity contribution is 0.433. The lowest BCUT2D eigenvalue weighted by Gasteiger charge is -1.93. The first kappa shape index (κ1) is 12.4. The minimum atomic E-state index is 0.511. The fraction of sp³-hybridized carbons (Fsp3) is 0.0769. The molecule has 0 amide bonds. The second-order valence-electron chi connectivity index (χ2n) is 4.09. The number of nitrogen functional groups attached to an aromatic ring is 1. The molecule has 0 saturated heterocycles. The van der Waals surface area contributed by atoms with Gasteiger partial charge >= 0.3 is 0 Å². The van der Waals surface area contributed by atoms with Crippen LogP contribution in [0, 0.1) is 6.92 Å². The predicted molar refractivity (Wildman–Crippen MR) is 79.9 cm³/mol. The smallest absolute Gasteiger partial charge is 0.268 e. The Bertz CT molecular complexity index is 718. The van der Waals surface area contributed by atoms with Crippen molar-refractivity contribution in [3.05, 3.63) is 40.4 Å². The summed E-state index contributed by atoms with van der Waals surface area (Å²) in [5, 5.41) is 4.75. The van der Waals surface area contributed by atoms with E-state index in [4.69, 9.17) is 10.3 Å². The summed E-state index contributed by atoms with van der Waals surface area (Å²) in [6.07, 6.45) is 0. The molecule has 0 saturated carbocycles. The zero-order valence-electron chi connectivity index (χ0n) is 10.1. The largest absolute Gasteiger partial charge is 0.391 e. The van der Waals surface area contributed by atoms with Crippen molar-refractivity contribution in [1.82, 2.24) is 10.1 Å². The average Bonchev–Trinajstić information content (AvgIpc) is 2.97. The maximum Gasteiger partial charge on any atom is 0.268 e. The highest BCUT2D eigenvalue weighted by molar-refractivity contribution is 9.10. The number of nitrogens with two attached hydrogens (primary N) is 1. The zero-order chi connectivity index (χ0) is 13.4. The Kier molecular flexibility index (Phi) is 3.12. The van der Waals surface area contributed by atoms with Crippen molar-refractivity contribution < 1.29 is 4.52 Å². The van der Waals surface area contributed by atoms with Gasteiger partial charge in [-0.1, -0.05) is 21.1 Å². The first-order chi connectivity index (χ1) is 9.13. The van der Waals surface area contributed by atoms with E-state index in [0.717, 1.165) is 25.5 Å². The minimum Gasteiger partial charge on any atom is -0.391 e. The second-order valence-corrected chi connectivity index (χ2v) is 6.09. The van der Waals surface area contributed by atoms with Gasteiger partial charge in [-0.2, -0.15) is 4.98 Å². The molecule has 6 heteroatoms. The maximum absolute atomic E-state index is 5.77. The lowest BCUT2D eigenvalue weighted by atomic mass is 10.2. The predicted octanol–water partition coefficient (Wildman–Crippen LogP) is 4.12. The summed E-state index contributed by atoms with van der Waals surface area (Å²) in [6, 6.07) is 9.67. The van der Waals surface area contributed by atoms with E-state index in [1.807, 2.05) is 37.3 Å². The number of benzene rings is 1. The van der Waals surface area contributed by atoms with Gasteiger partial charge in [-0.3, -0.25) is 0 Å². The normalized spacial score (nSPS) is 10.8. The first-order valence-electron chi connectivity index (χ1n) is 5.59. The van der Waals surface area contributed by atoms with E-state index in [1.165, 1.54) is 11.3 Å². The number of aryl methyl sites for hydroxylation is 1. The molecule has 4 nitrogen and oxygen atoms in total. The summed E-state index contributed by atoms with van der Waals surface area (Å²) in [5.74, 6) is 1.09. The summed E-state index contributed by atoms with van der Waals surface area (Å²) in [7, 11) is 0. The fourth-order valence-electron chi connectivity index (χ4n) is 1.75. The highest BCUT2D eigenvalue weighted by atomic mass is 79.9. The summed E-state index contributed by atoms with van der Waals surface area (Å²) in [6.45, 7) is 1.98. The van der Waals surface area contributed by atoms with Crippen LogP contribution in [0.2, 0.25) is 0 Å². The van der Waals surface area contributed by atoms with Crippen LogP contribution in [0.15, 0.2) is 39.3 Å². The van der Waals surface area contributed by atoms with E-state index in [2.05, 4.69) is 26.1 Å². The van der Waals surface area contributed by atoms with Gasteiger partial charge in [0, 0.05) is 10.0 Å². The molecule has 3 rings (SSSR count). The third-order valence-corrected chi connectivity index (χ3v) is 4.24. The van der Waals surface area contributed by atoms with Gasteiger partial charge in [0.15, 0.2) is 0 Å². The molecule has 2 aromatic heterocycles. The Labute approximate surface area is 122 Å². The Morgan fingerprint density at radius 2 is 2.00 bits per heavy atom. The Morgan fingerprint density at radius 1 is 1.26 bits per heavy atom. The summed E-state index contributed by atoms with van der Waals surface area (Å²) < 4.78 is 6.33. The van der Waals surface area contributed by atoms with Crippen LogP contribution in [0.3, 0.4) is 0 Å². The SMILES string of the molecule is Cc1cc(N)sc1-c1nc(-c2ccc(Br)cc2)no1. The number of thiophene rings is 1. The number of hydrogen-bond acceptors (Lipinski definition) is 5. The lowest BCUT2D eigenvalue weighted by Crippen LogP contribution is -1.80. The third-order valence-electron chi connectivity index (χ3n) is 2.66. The van der Waals surface area contributed by atoms with Crippen LogP contribution in [-0.2, 0) is 0 Å². The van der Waals surface area contributed by atoms with Crippen molar-refractivity contribution in [1.29, 1.82) is 0 Å². The Morgan fingerprint density at radius 3 is 2.63 bits per heavy atom. The number of rotatable bonds is 2. The van der Waals surface area contributed by atoms with Gasteiger partial charge in [0.1, 0.15) is 0 Å². The molecule has 0 spiro atoms. The topological polar surface area (TPSA) is 64.9 Å². The molecule has 0 aliphatic carbocycles. The van der Waals surface area contributed by atoms with E-state index < -0.39 is 0 Å². The highest BCUT2D eigenvalue weighted by Crippen LogP contribution is 2.33.